The van der Waals surface area contributed by atoms with Crippen LogP contribution < -0.4 is 11.2 Å². The molecule has 3 aromatic heterocycles. The molecule has 0 aliphatic heterocycles. The second-order valence-electron chi connectivity index (χ2n) is 7.34. The van der Waals surface area contributed by atoms with Crippen LogP contribution in [0.5, 0.6) is 5.75 Å². The third-order valence-corrected chi connectivity index (χ3v) is 6.32. The summed E-state index contributed by atoms with van der Waals surface area (Å²) in [4.78, 5) is 25.3. The lowest BCUT2D eigenvalue weighted by Crippen LogP contribution is -2.22. The molecule has 5 aromatic rings. The summed E-state index contributed by atoms with van der Waals surface area (Å²) in [6.45, 7) is 1.83. The molecule has 0 aliphatic carbocycles. The van der Waals surface area contributed by atoms with Crippen molar-refractivity contribution in [3.63, 3.8) is 0 Å². The van der Waals surface area contributed by atoms with E-state index in [9.17, 15) is 14.7 Å². The highest BCUT2D eigenvalue weighted by Crippen LogP contribution is 2.28. The van der Waals surface area contributed by atoms with Crippen LogP contribution in [0.1, 0.15) is 11.3 Å². The molecule has 0 saturated heterocycles. The molecule has 0 bridgehead atoms. The molecule has 0 saturated carbocycles. The summed E-state index contributed by atoms with van der Waals surface area (Å²) in [6.07, 6.45) is 0. The molecule has 2 aromatic carbocycles. The predicted molar refractivity (Wildman–Crippen MR) is 122 cm³/mol. The quantitative estimate of drug-likeness (QED) is 0.312. The summed E-state index contributed by atoms with van der Waals surface area (Å²) in [5, 5.41) is 22.7. The fourth-order valence-electron chi connectivity index (χ4n) is 3.69. The van der Waals surface area contributed by atoms with Crippen molar-refractivity contribution in [3.05, 3.63) is 86.6 Å². The van der Waals surface area contributed by atoms with Gasteiger partial charge in [0.05, 0.1) is 11.4 Å². The van der Waals surface area contributed by atoms with Crippen LogP contribution in [0.2, 0.25) is 0 Å². The van der Waals surface area contributed by atoms with Gasteiger partial charge in [0.2, 0.25) is 5.16 Å². The number of phenols is 1. The van der Waals surface area contributed by atoms with Gasteiger partial charge in [0.1, 0.15) is 11.3 Å². The summed E-state index contributed by atoms with van der Waals surface area (Å²) < 4.78 is 9.92. The highest BCUT2D eigenvalue weighted by molar-refractivity contribution is 7.98. The van der Waals surface area contributed by atoms with Gasteiger partial charge in [0, 0.05) is 30.3 Å². The SMILES string of the molecule is Cc1c(-n2nnnc2SCc2cc(=O)oc3cc(O)ccc23)c(=O)n(-c2ccccc2)n1C. The highest BCUT2D eigenvalue weighted by Gasteiger charge is 2.22. The van der Waals surface area contributed by atoms with Gasteiger partial charge in [-0.1, -0.05) is 30.0 Å². The van der Waals surface area contributed by atoms with Crippen molar-refractivity contribution >= 4 is 22.7 Å². The van der Waals surface area contributed by atoms with E-state index in [1.807, 2.05) is 37.3 Å². The fraction of sp³-hybridized carbons (Fsp3) is 0.136. The van der Waals surface area contributed by atoms with Gasteiger partial charge in [0.25, 0.3) is 5.56 Å². The number of phenolic OH excluding ortho intramolecular Hbond substituents is 1. The van der Waals surface area contributed by atoms with Gasteiger partial charge in [-0.15, -0.1) is 5.10 Å². The van der Waals surface area contributed by atoms with Crippen molar-refractivity contribution in [3.8, 4) is 17.1 Å². The monoisotopic (exact) mass is 462 g/mol. The molecule has 0 atom stereocenters. The van der Waals surface area contributed by atoms with Gasteiger partial charge < -0.3 is 9.52 Å². The first-order valence-corrected chi connectivity index (χ1v) is 10.9. The van der Waals surface area contributed by atoms with Crippen LogP contribution >= 0.6 is 11.8 Å². The molecule has 0 radical (unpaired) electrons. The lowest BCUT2D eigenvalue weighted by Gasteiger charge is -2.07. The summed E-state index contributed by atoms with van der Waals surface area (Å²) in [5.74, 6) is 0.361. The summed E-state index contributed by atoms with van der Waals surface area (Å²) >= 11 is 1.28. The van der Waals surface area contributed by atoms with Crippen LogP contribution in [0.25, 0.3) is 22.3 Å². The Morgan fingerprint density at radius 1 is 1.09 bits per heavy atom. The first-order valence-electron chi connectivity index (χ1n) is 9.95. The largest absolute Gasteiger partial charge is 0.508 e. The van der Waals surface area contributed by atoms with Gasteiger partial charge in [-0.2, -0.15) is 4.68 Å². The number of hydrogen-bond acceptors (Lipinski definition) is 8. The average molecular weight is 462 g/mol. The lowest BCUT2D eigenvalue weighted by atomic mass is 10.1. The number of tetrazole rings is 1. The molecule has 10 nitrogen and oxygen atoms in total. The zero-order valence-electron chi connectivity index (χ0n) is 17.7. The number of para-hydroxylation sites is 1. The molecule has 0 unspecified atom stereocenters. The second-order valence-corrected chi connectivity index (χ2v) is 8.29. The third kappa shape index (κ3) is 3.61. The molecule has 1 N–H and O–H groups in total. The number of aromatic hydroxyl groups is 1. The molecule has 11 heteroatoms. The Labute approximate surface area is 190 Å². The molecule has 3 heterocycles. The molecule has 166 valence electrons. The third-order valence-electron chi connectivity index (χ3n) is 5.35. The van der Waals surface area contributed by atoms with Crippen molar-refractivity contribution in [2.75, 3.05) is 0 Å². The molecule has 33 heavy (non-hydrogen) atoms. The van der Waals surface area contributed by atoms with Crippen LogP contribution in [-0.4, -0.2) is 34.7 Å². The molecule has 0 fully saturated rings. The zero-order valence-corrected chi connectivity index (χ0v) is 18.5. The molecule has 0 amide bonds. The van der Waals surface area contributed by atoms with Gasteiger partial charge >= 0.3 is 5.63 Å². The lowest BCUT2D eigenvalue weighted by molar-refractivity contribution is 0.473. The first kappa shape index (κ1) is 20.8. The average Bonchev–Trinajstić information content (AvgIpc) is 3.33. The minimum atomic E-state index is -0.520. The molecular formula is C22H18N6O4S. The molecule has 5 rings (SSSR count). The van der Waals surface area contributed by atoms with Gasteiger partial charge in [0.15, 0.2) is 5.69 Å². The van der Waals surface area contributed by atoms with Crippen LogP contribution in [-0.2, 0) is 12.8 Å². The Hall–Kier alpha value is -4.12. The Balaban J connectivity index is 1.53. The van der Waals surface area contributed by atoms with E-state index in [4.69, 9.17) is 4.42 Å². The standard InChI is InChI=1S/C22H18N6O4S/c1-13-20(21(31)28(26(13)2)15-6-4-3-5-7-15)27-22(23-24-25-27)33-12-14-10-19(30)32-18-11-16(29)8-9-17(14)18/h3-11,29H,12H2,1-2H3. The number of rotatable bonds is 5. The van der Waals surface area contributed by atoms with Crippen molar-refractivity contribution < 1.29 is 9.52 Å². The van der Waals surface area contributed by atoms with Gasteiger partial charge in [-0.25, -0.2) is 9.48 Å². The Morgan fingerprint density at radius 2 is 1.88 bits per heavy atom. The summed E-state index contributed by atoms with van der Waals surface area (Å²) in [6, 6.07) is 15.3. The van der Waals surface area contributed by atoms with Crippen LogP contribution in [0.4, 0.5) is 0 Å². The number of benzene rings is 2. The van der Waals surface area contributed by atoms with E-state index >= 15 is 0 Å². The minimum Gasteiger partial charge on any atom is -0.508 e. The number of nitrogens with zero attached hydrogens (tertiary/aromatic N) is 6. The smallest absolute Gasteiger partial charge is 0.336 e. The van der Waals surface area contributed by atoms with Crippen molar-refractivity contribution in [2.24, 2.45) is 7.05 Å². The zero-order chi connectivity index (χ0) is 23.1. The van der Waals surface area contributed by atoms with E-state index in [1.165, 1.54) is 34.6 Å². The maximum Gasteiger partial charge on any atom is 0.336 e. The van der Waals surface area contributed by atoms with Crippen molar-refractivity contribution in [1.82, 2.24) is 29.6 Å². The maximum absolute atomic E-state index is 13.3. The highest BCUT2D eigenvalue weighted by atomic mass is 32.2. The molecular weight excluding hydrogens is 444 g/mol. The number of fused-ring (bicyclic) bond motifs is 1. The topological polar surface area (TPSA) is 121 Å². The Bertz CT molecular complexity index is 1600. The predicted octanol–water partition coefficient (Wildman–Crippen LogP) is 2.56. The second kappa shape index (κ2) is 8.10. The van der Waals surface area contributed by atoms with E-state index < -0.39 is 5.63 Å². The number of thioether (sulfide) groups is 1. The van der Waals surface area contributed by atoms with E-state index in [-0.39, 0.29) is 11.3 Å². The van der Waals surface area contributed by atoms with Crippen molar-refractivity contribution in [1.29, 1.82) is 0 Å². The normalized spacial score (nSPS) is 11.3. The summed E-state index contributed by atoms with van der Waals surface area (Å²) in [5.41, 5.74) is 1.99. The Morgan fingerprint density at radius 3 is 2.67 bits per heavy atom. The number of hydrogen-bond donors (Lipinski definition) is 1. The fourth-order valence-corrected chi connectivity index (χ4v) is 4.56. The van der Waals surface area contributed by atoms with E-state index in [0.717, 1.165) is 5.69 Å². The molecule has 0 aliphatic rings. The van der Waals surface area contributed by atoms with Crippen molar-refractivity contribution in [2.45, 2.75) is 17.8 Å². The van der Waals surface area contributed by atoms with Gasteiger partial charge in [-0.05, 0) is 47.2 Å². The minimum absolute atomic E-state index is 0.00800. The van der Waals surface area contributed by atoms with Gasteiger partial charge in [-0.3, -0.25) is 9.48 Å². The Kier molecular flexibility index (Phi) is 5.09. The maximum atomic E-state index is 13.3. The first-order chi connectivity index (χ1) is 15.9. The number of aromatic nitrogens is 6. The van der Waals surface area contributed by atoms with E-state index in [1.54, 1.807) is 22.5 Å². The van der Waals surface area contributed by atoms with E-state index in [0.29, 0.717) is 38.8 Å². The molecule has 0 spiro atoms. The summed E-state index contributed by atoms with van der Waals surface area (Å²) in [7, 11) is 1.80. The van der Waals surface area contributed by atoms with Crippen LogP contribution in [0.3, 0.4) is 0 Å². The van der Waals surface area contributed by atoms with Crippen LogP contribution in [0, 0.1) is 6.92 Å². The van der Waals surface area contributed by atoms with E-state index in [2.05, 4.69) is 15.5 Å². The van der Waals surface area contributed by atoms with Crippen LogP contribution in [0.15, 0.2) is 73.8 Å².